The van der Waals surface area contributed by atoms with Gasteiger partial charge in [-0.05, 0) is 19.4 Å². The predicted molar refractivity (Wildman–Crippen MR) is 118 cm³/mol. The van der Waals surface area contributed by atoms with Crippen LogP contribution >= 0.6 is 0 Å². The van der Waals surface area contributed by atoms with Crippen molar-refractivity contribution in [2.24, 2.45) is 0 Å². The Morgan fingerprint density at radius 3 is 2.55 bits per heavy atom. The SMILES string of the molecule is COC(=O)[C@@]1(C/C=C/c2ccccc2)CC(=O)[C@@H](NC(C)=O)[C@H]([C@H](O)[C@H]2COC(C)(C)O2)O1. The quantitative estimate of drug-likeness (QED) is 0.585. The molecule has 0 saturated carbocycles. The molecule has 3 rings (SSSR count). The fraction of sp³-hybridized carbons (Fsp3) is 0.542. The minimum absolute atomic E-state index is 0.0316. The molecule has 9 heteroatoms. The third-order valence-electron chi connectivity index (χ3n) is 5.72. The highest BCUT2D eigenvalue weighted by Crippen LogP contribution is 2.36. The Kier molecular flexibility index (Phi) is 7.69. The molecule has 180 valence electrons. The Labute approximate surface area is 193 Å². The summed E-state index contributed by atoms with van der Waals surface area (Å²) >= 11 is 0. The molecule has 2 N–H and O–H groups in total. The Hall–Kier alpha value is -2.59. The first-order valence-corrected chi connectivity index (χ1v) is 10.8. The van der Waals surface area contributed by atoms with E-state index in [1.54, 1.807) is 26.0 Å². The summed E-state index contributed by atoms with van der Waals surface area (Å²) in [6, 6.07) is 8.29. The molecule has 33 heavy (non-hydrogen) atoms. The summed E-state index contributed by atoms with van der Waals surface area (Å²) in [5.74, 6) is -2.58. The van der Waals surface area contributed by atoms with Crippen molar-refractivity contribution in [2.45, 2.75) is 69.4 Å². The number of rotatable bonds is 7. The smallest absolute Gasteiger partial charge is 0.338 e. The molecule has 1 aromatic rings. The lowest BCUT2D eigenvalue weighted by molar-refractivity contribution is -0.216. The molecule has 0 bridgehead atoms. The summed E-state index contributed by atoms with van der Waals surface area (Å²) < 4.78 is 22.4. The first-order chi connectivity index (χ1) is 15.6. The number of aliphatic hydroxyl groups excluding tert-OH is 1. The van der Waals surface area contributed by atoms with Crippen LogP contribution in [0.5, 0.6) is 0 Å². The van der Waals surface area contributed by atoms with Crippen LogP contribution in [0.4, 0.5) is 0 Å². The van der Waals surface area contributed by atoms with E-state index in [0.29, 0.717) is 0 Å². The maximum atomic E-state index is 13.1. The van der Waals surface area contributed by atoms with E-state index in [0.717, 1.165) is 5.56 Å². The van der Waals surface area contributed by atoms with Crippen molar-refractivity contribution in [1.29, 1.82) is 0 Å². The van der Waals surface area contributed by atoms with E-state index < -0.39 is 53.4 Å². The lowest BCUT2D eigenvalue weighted by Crippen LogP contribution is -2.66. The number of hydrogen-bond donors (Lipinski definition) is 2. The molecule has 2 aliphatic heterocycles. The van der Waals surface area contributed by atoms with Gasteiger partial charge >= 0.3 is 5.97 Å². The lowest BCUT2D eigenvalue weighted by Gasteiger charge is -2.44. The third-order valence-corrected chi connectivity index (χ3v) is 5.72. The Morgan fingerprint density at radius 1 is 1.27 bits per heavy atom. The first kappa shape index (κ1) is 25.0. The van der Waals surface area contributed by atoms with E-state index in [2.05, 4.69) is 5.32 Å². The van der Waals surface area contributed by atoms with Crippen LogP contribution in [0.15, 0.2) is 36.4 Å². The second-order valence-corrected chi connectivity index (χ2v) is 8.76. The lowest BCUT2D eigenvalue weighted by atomic mass is 9.82. The number of nitrogens with one attached hydrogen (secondary N) is 1. The largest absolute Gasteiger partial charge is 0.467 e. The van der Waals surface area contributed by atoms with Crippen molar-refractivity contribution in [2.75, 3.05) is 13.7 Å². The first-order valence-electron chi connectivity index (χ1n) is 10.8. The second kappa shape index (κ2) is 10.1. The fourth-order valence-electron chi connectivity index (χ4n) is 4.15. The zero-order valence-electron chi connectivity index (χ0n) is 19.3. The van der Waals surface area contributed by atoms with Crippen LogP contribution in [-0.2, 0) is 33.3 Å². The molecule has 1 aromatic carbocycles. The van der Waals surface area contributed by atoms with Gasteiger partial charge in [0.2, 0.25) is 5.91 Å². The summed E-state index contributed by atoms with van der Waals surface area (Å²) in [4.78, 5) is 37.8. The zero-order valence-corrected chi connectivity index (χ0v) is 19.3. The Balaban J connectivity index is 1.90. The van der Waals surface area contributed by atoms with Gasteiger partial charge in [0.1, 0.15) is 24.4 Å². The topological polar surface area (TPSA) is 120 Å². The number of ketones is 1. The predicted octanol–water partition coefficient (Wildman–Crippen LogP) is 1.38. The van der Waals surface area contributed by atoms with Crippen LogP contribution < -0.4 is 5.32 Å². The molecule has 0 radical (unpaired) electrons. The average molecular weight is 462 g/mol. The van der Waals surface area contributed by atoms with Gasteiger partial charge in [0.05, 0.1) is 13.7 Å². The van der Waals surface area contributed by atoms with E-state index >= 15 is 0 Å². The molecule has 2 fully saturated rings. The molecule has 2 aliphatic rings. The van der Waals surface area contributed by atoms with Gasteiger partial charge in [-0.25, -0.2) is 4.79 Å². The summed E-state index contributed by atoms with van der Waals surface area (Å²) in [6.07, 6.45) is -0.177. The van der Waals surface area contributed by atoms with Crippen LogP contribution in [0.1, 0.15) is 39.2 Å². The maximum absolute atomic E-state index is 13.1. The molecule has 9 nitrogen and oxygen atoms in total. The summed E-state index contributed by atoms with van der Waals surface area (Å²) in [5, 5.41) is 13.6. The standard InChI is InChI=1S/C24H31NO8/c1-15(26)25-19-17(27)13-24(22(29)30-4,12-8-11-16-9-6-5-7-10-16)33-21(19)20(28)18-14-31-23(2,3)32-18/h5-11,18-21,28H,12-14H2,1-4H3,(H,25,26)/b11-8+/t18-,19-,20-,21-,24-/m1/s1. The highest BCUT2D eigenvalue weighted by atomic mass is 16.7. The van der Waals surface area contributed by atoms with Crippen LogP contribution in [-0.4, -0.2) is 72.2 Å². The molecule has 0 unspecified atom stereocenters. The van der Waals surface area contributed by atoms with Crippen molar-refractivity contribution < 1.29 is 38.4 Å². The van der Waals surface area contributed by atoms with Crippen LogP contribution in [0.3, 0.4) is 0 Å². The van der Waals surface area contributed by atoms with E-state index in [1.165, 1.54) is 14.0 Å². The van der Waals surface area contributed by atoms with Crippen LogP contribution in [0.25, 0.3) is 6.08 Å². The monoisotopic (exact) mass is 461 g/mol. The van der Waals surface area contributed by atoms with Gasteiger partial charge in [-0.15, -0.1) is 0 Å². The van der Waals surface area contributed by atoms with Crippen LogP contribution in [0.2, 0.25) is 0 Å². The van der Waals surface area contributed by atoms with Crippen molar-refractivity contribution in [3.05, 3.63) is 42.0 Å². The maximum Gasteiger partial charge on any atom is 0.338 e. The number of Topliss-reactive ketones (excluding diaryl/α,β-unsaturated/α-hetero) is 1. The van der Waals surface area contributed by atoms with Gasteiger partial charge in [-0.2, -0.15) is 0 Å². The number of aliphatic hydroxyl groups is 1. The van der Waals surface area contributed by atoms with Gasteiger partial charge in [-0.1, -0.05) is 42.5 Å². The normalized spacial score (nSPS) is 30.2. The molecule has 1 amide bonds. The van der Waals surface area contributed by atoms with E-state index in [4.69, 9.17) is 18.9 Å². The third kappa shape index (κ3) is 5.86. The summed E-state index contributed by atoms with van der Waals surface area (Å²) in [6.45, 7) is 4.73. The van der Waals surface area contributed by atoms with Crippen LogP contribution in [0, 0.1) is 0 Å². The fourth-order valence-corrected chi connectivity index (χ4v) is 4.15. The van der Waals surface area contributed by atoms with Crippen molar-refractivity contribution >= 4 is 23.7 Å². The number of benzene rings is 1. The molecule has 2 saturated heterocycles. The number of methoxy groups -OCH3 is 1. The molecule has 0 spiro atoms. The number of ether oxygens (including phenoxy) is 4. The van der Waals surface area contributed by atoms with Gasteiger partial charge in [0.25, 0.3) is 0 Å². The van der Waals surface area contributed by atoms with Gasteiger partial charge in [0.15, 0.2) is 17.2 Å². The number of hydrogen-bond acceptors (Lipinski definition) is 8. The van der Waals surface area contributed by atoms with E-state index in [1.807, 2.05) is 30.3 Å². The number of amides is 1. The van der Waals surface area contributed by atoms with Crippen molar-refractivity contribution in [3.8, 4) is 0 Å². The average Bonchev–Trinajstić information content (AvgIpc) is 3.14. The second-order valence-electron chi connectivity index (χ2n) is 8.76. The molecule has 0 aliphatic carbocycles. The highest BCUT2D eigenvalue weighted by Gasteiger charge is 2.55. The summed E-state index contributed by atoms with van der Waals surface area (Å²) in [7, 11) is 1.21. The molecule has 5 atom stereocenters. The summed E-state index contributed by atoms with van der Waals surface area (Å²) in [5.41, 5.74) is -0.752. The number of esters is 1. The minimum atomic E-state index is -1.66. The molecule has 2 heterocycles. The Bertz CT molecular complexity index is 899. The number of carbonyl (C=O) groups excluding carboxylic acids is 3. The van der Waals surface area contributed by atoms with Gasteiger partial charge in [-0.3, -0.25) is 9.59 Å². The van der Waals surface area contributed by atoms with Crippen molar-refractivity contribution in [1.82, 2.24) is 5.32 Å². The molecule has 0 aromatic heterocycles. The van der Waals surface area contributed by atoms with Gasteiger partial charge in [0, 0.05) is 19.8 Å². The zero-order chi connectivity index (χ0) is 24.2. The number of carbonyl (C=O) groups is 3. The van der Waals surface area contributed by atoms with E-state index in [9.17, 15) is 19.5 Å². The van der Waals surface area contributed by atoms with Gasteiger partial charge < -0.3 is 29.4 Å². The molecular weight excluding hydrogens is 430 g/mol. The van der Waals surface area contributed by atoms with Crippen molar-refractivity contribution in [3.63, 3.8) is 0 Å². The van der Waals surface area contributed by atoms with E-state index in [-0.39, 0.29) is 19.4 Å². The minimum Gasteiger partial charge on any atom is -0.467 e. The molecular formula is C24H31NO8. The Morgan fingerprint density at radius 2 is 1.97 bits per heavy atom. The highest BCUT2D eigenvalue weighted by molar-refractivity contribution is 5.95.